The zero-order chi connectivity index (χ0) is 12.5. The van der Waals surface area contributed by atoms with Gasteiger partial charge in [0.1, 0.15) is 0 Å². The Morgan fingerprint density at radius 1 is 1.28 bits per heavy atom. The number of aliphatic hydroxyl groups excluding tert-OH is 1. The molecule has 2 aliphatic rings. The zero-order valence-electron chi connectivity index (χ0n) is 10.7. The molecule has 3 N–H and O–H groups in total. The van der Waals surface area contributed by atoms with Gasteiger partial charge in [-0.3, -0.25) is 4.98 Å². The third-order valence-electron chi connectivity index (χ3n) is 4.85. The summed E-state index contributed by atoms with van der Waals surface area (Å²) < 4.78 is 0. The molecule has 4 atom stereocenters. The van der Waals surface area contributed by atoms with Gasteiger partial charge >= 0.3 is 0 Å². The third-order valence-corrected chi connectivity index (χ3v) is 4.85. The summed E-state index contributed by atoms with van der Waals surface area (Å²) in [4.78, 5) is 4.36. The van der Waals surface area contributed by atoms with E-state index in [2.05, 4.69) is 4.98 Å². The molecule has 0 spiro atoms. The van der Waals surface area contributed by atoms with Crippen molar-refractivity contribution >= 4 is 0 Å². The fraction of sp³-hybridized carbons (Fsp3) is 0.667. The Kier molecular flexibility index (Phi) is 3.35. The molecule has 0 bridgehead atoms. The van der Waals surface area contributed by atoms with Crippen LogP contribution in [0, 0.1) is 17.8 Å². The monoisotopic (exact) mass is 246 g/mol. The van der Waals surface area contributed by atoms with Crippen LogP contribution < -0.4 is 5.73 Å². The quantitative estimate of drug-likeness (QED) is 0.853. The van der Waals surface area contributed by atoms with E-state index in [1.165, 1.54) is 25.7 Å². The molecule has 3 nitrogen and oxygen atoms in total. The zero-order valence-corrected chi connectivity index (χ0v) is 10.7. The molecule has 2 saturated carbocycles. The van der Waals surface area contributed by atoms with E-state index in [1.54, 1.807) is 6.20 Å². The molecule has 4 unspecified atom stereocenters. The van der Waals surface area contributed by atoms with Gasteiger partial charge in [0.25, 0.3) is 0 Å². The maximum Gasteiger partial charge on any atom is 0.0669 e. The van der Waals surface area contributed by atoms with Crippen molar-refractivity contribution in [2.75, 3.05) is 6.54 Å². The molecule has 3 rings (SSSR count). The minimum atomic E-state index is -0.307. The average molecular weight is 246 g/mol. The van der Waals surface area contributed by atoms with E-state index >= 15 is 0 Å². The van der Waals surface area contributed by atoms with Crippen molar-refractivity contribution in [2.24, 2.45) is 23.5 Å². The number of fused-ring (bicyclic) bond motifs is 1. The Morgan fingerprint density at radius 2 is 2.00 bits per heavy atom. The summed E-state index contributed by atoms with van der Waals surface area (Å²) in [6.45, 7) is 0.480. The average Bonchev–Trinajstić information content (AvgIpc) is 3.15. The van der Waals surface area contributed by atoms with Gasteiger partial charge in [-0.25, -0.2) is 0 Å². The van der Waals surface area contributed by atoms with Gasteiger partial charge in [0, 0.05) is 24.4 Å². The van der Waals surface area contributed by atoms with Gasteiger partial charge in [-0.15, -0.1) is 0 Å². The first-order valence-electron chi connectivity index (χ1n) is 7.12. The van der Waals surface area contributed by atoms with E-state index < -0.39 is 0 Å². The molecule has 0 saturated heterocycles. The van der Waals surface area contributed by atoms with Crippen LogP contribution in [0.1, 0.15) is 37.3 Å². The molecule has 0 amide bonds. The summed E-state index contributed by atoms with van der Waals surface area (Å²) in [5.74, 6) is 1.99. The normalized spacial score (nSPS) is 33.6. The lowest BCUT2D eigenvalue weighted by Crippen LogP contribution is -2.29. The van der Waals surface area contributed by atoms with Crippen molar-refractivity contribution in [2.45, 2.75) is 37.7 Å². The molecule has 3 heteroatoms. The van der Waals surface area contributed by atoms with Crippen LogP contribution in [0.15, 0.2) is 24.4 Å². The van der Waals surface area contributed by atoms with Crippen molar-refractivity contribution in [3.8, 4) is 0 Å². The van der Waals surface area contributed by atoms with E-state index in [0.717, 1.165) is 17.5 Å². The number of aliphatic hydroxyl groups is 1. The molecule has 1 aromatic heterocycles. The Hall–Kier alpha value is -0.930. The molecule has 1 aromatic rings. The highest BCUT2D eigenvalue weighted by Crippen LogP contribution is 2.58. The Balaban J connectivity index is 1.73. The lowest BCUT2D eigenvalue weighted by atomic mass is 9.93. The van der Waals surface area contributed by atoms with Crippen LogP contribution in [-0.2, 0) is 0 Å². The van der Waals surface area contributed by atoms with Crippen LogP contribution in [0.25, 0.3) is 0 Å². The predicted octanol–water partition coefficient (Wildman–Crippen LogP) is 1.92. The van der Waals surface area contributed by atoms with Crippen molar-refractivity contribution in [1.82, 2.24) is 4.98 Å². The largest absolute Gasteiger partial charge is 0.392 e. The molecule has 2 fully saturated rings. The first-order chi connectivity index (χ1) is 8.83. The van der Waals surface area contributed by atoms with Gasteiger partial charge < -0.3 is 10.8 Å². The number of aromatic nitrogens is 1. The molecule has 2 aliphatic carbocycles. The molecule has 1 heterocycles. The van der Waals surface area contributed by atoms with E-state index in [-0.39, 0.29) is 12.0 Å². The standard InChI is InChI=1S/C15H22N2O/c16-9-12(13-7-3-4-8-17-13)15(18)14-10-5-1-2-6-11(10)14/h3-4,7-8,10-12,14-15,18H,1-2,5-6,9,16H2. The summed E-state index contributed by atoms with van der Waals surface area (Å²) in [6, 6.07) is 5.85. The Morgan fingerprint density at radius 3 is 2.56 bits per heavy atom. The number of hydrogen-bond donors (Lipinski definition) is 2. The summed E-state index contributed by atoms with van der Waals surface area (Å²) >= 11 is 0. The van der Waals surface area contributed by atoms with Gasteiger partial charge in [-0.2, -0.15) is 0 Å². The Labute approximate surface area is 108 Å². The predicted molar refractivity (Wildman–Crippen MR) is 71.0 cm³/mol. The highest BCUT2D eigenvalue weighted by molar-refractivity contribution is 5.15. The molecular weight excluding hydrogens is 224 g/mol. The highest BCUT2D eigenvalue weighted by atomic mass is 16.3. The minimum Gasteiger partial charge on any atom is -0.392 e. The lowest BCUT2D eigenvalue weighted by molar-refractivity contribution is 0.111. The van der Waals surface area contributed by atoms with Crippen LogP contribution in [0.4, 0.5) is 0 Å². The van der Waals surface area contributed by atoms with Gasteiger partial charge in [-0.1, -0.05) is 18.9 Å². The SMILES string of the molecule is NCC(c1ccccn1)C(O)C1C2CCCCC21. The van der Waals surface area contributed by atoms with E-state index in [0.29, 0.717) is 12.5 Å². The summed E-state index contributed by atoms with van der Waals surface area (Å²) in [5, 5.41) is 10.6. The molecule has 0 aliphatic heterocycles. The van der Waals surface area contributed by atoms with Crippen LogP contribution in [0.2, 0.25) is 0 Å². The third kappa shape index (κ3) is 2.06. The molecule has 0 aromatic carbocycles. The fourth-order valence-electron chi connectivity index (χ4n) is 3.85. The van der Waals surface area contributed by atoms with Crippen molar-refractivity contribution in [3.63, 3.8) is 0 Å². The van der Waals surface area contributed by atoms with Gasteiger partial charge in [0.15, 0.2) is 0 Å². The maximum atomic E-state index is 10.6. The second-order valence-corrected chi connectivity index (χ2v) is 5.78. The van der Waals surface area contributed by atoms with Gasteiger partial charge in [0.05, 0.1) is 6.10 Å². The summed E-state index contributed by atoms with van der Waals surface area (Å²) in [6.07, 6.45) is 6.74. The number of hydrogen-bond acceptors (Lipinski definition) is 3. The molecule has 0 radical (unpaired) electrons. The summed E-state index contributed by atoms with van der Waals surface area (Å²) in [5.41, 5.74) is 6.80. The number of rotatable bonds is 4. The van der Waals surface area contributed by atoms with Crippen molar-refractivity contribution < 1.29 is 5.11 Å². The topological polar surface area (TPSA) is 59.1 Å². The summed E-state index contributed by atoms with van der Waals surface area (Å²) in [7, 11) is 0. The number of pyridine rings is 1. The Bertz CT molecular complexity index is 383. The molecular formula is C15H22N2O. The van der Waals surface area contributed by atoms with Gasteiger partial charge in [-0.05, 0) is 42.7 Å². The number of nitrogens with two attached hydrogens (primary N) is 1. The fourth-order valence-corrected chi connectivity index (χ4v) is 3.85. The van der Waals surface area contributed by atoms with Crippen molar-refractivity contribution in [1.29, 1.82) is 0 Å². The second kappa shape index (κ2) is 4.98. The lowest BCUT2D eigenvalue weighted by Gasteiger charge is -2.21. The second-order valence-electron chi connectivity index (χ2n) is 5.78. The van der Waals surface area contributed by atoms with Gasteiger partial charge in [0.2, 0.25) is 0 Å². The van der Waals surface area contributed by atoms with E-state index in [4.69, 9.17) is 5.73 Å². The van der Waals surface area contributed by atoms with Crippen LogP contribution in [-0.4, -0.2) is 22.7 Å². The number of nitrogens with zero attached hydrogens (tertiary/aromatic N) is 1. The molecule has 98 valence electrons. The van der Waals surface area contributed by atoms with Crippen LogP contribution >= 0.6 is 0 Å². The van der Waals surface area contributed by atoms with E-state index in [9.17, 15) is 5.11 Å². The first kappa shape index (κ1) is 12.1. The maximum absolute atomic E-state index is 10.6. The van der Waals surface area contributed by atoms with E-state index in [1.807, 2.05) is 18.2 Å². The highest BCUT2D eigenvalue weighted by Gasteiger charge is 2.55. The first-order valence-corrected chi connectivity index (χ1v) is 7.12. The van der Waals surface area contributed by atoms with Crippen LogP contribution in [0.5, 0.6) is 0 Å². The van der Waals surface area contributed by atoms with Crippen molar-refractivity contribution in [3.05, 3.63) is 30.1 Å². The smallest absolute Gasteiger partial charge is 0.0669 e. The molecule has 18 heavy (non-hydrogen) atoms. The minimum absolute atomic E-state index is 0.00167. The van der Waals surface area contributed by atoms with Crippen LogP contribution in [0.3, 0.4) is 0 Å².